The molecular formula is C12H14F3N3O3. The first-order valence-corrected chi connectivity index (χ1v) is 6.01. The molecule has 0 aliphatic carbocycles. The molecule has 1 atom stereocenters. The van der Waals surface area contributed by atoms with Crippen LogP contribution in [-0.2, 0) is 11.0 Å². The molecule has 0 saturated carbocycles. The van der Waals surface area contributed by atoms with Crippen LogP contribution in [0.1, 0.15) is 28.9 Å². The van der Waals surface area contributed by atoms with Crippen molar-refractivity contribution in [2.24, 2.45) is 5.73 Å². The first-order valence-electron chi connectivity index (χ1n) is 6.01. The van der Waals surface area contributed by atoms with E-state index in [4.69, 9.17) is 10.8 Å². The maximum Gasteiger partial charge on any atom is 0.433 e. The number of carboxylic acids is 1. The Labute approximate surface area is 118 Å². The number of nitrogens with one attached hydrogen (secondary N) is 1. The summed E-state index contributed by atoms with van der Waals surface area (Å²) in [5, 5.41) is 11.0. The second kappa shape index (κ2) is 7.02. The number of carboxylic acid groups (broad SMARTS) is 1. The molecule has 1 aromatic heterocycles. The number of hydrogen-bond donors (Lipinski definition) is 3. The molecule has 1 heterocycles. The molecule has 0 fully saturated rings. The number of nitrogens with zero attached hydrogens (tertiary/aromatic N) is 1. The van der Waals surface area contributed by atoms with E-state index in [0.29, 0.717) is 6.42 Å². The lowest BCUT2D eigenvalue weighted by atomic mass is 10.1. The van der Waals surface area contributed by atoms with Crippen molar-refractivity contribution in [1.29, 1.82) is 0 Å². The number of nitrogens with two attached hydrogens (primary N) is 1. The van der Waals surface area contributed by atoms with Gasteiger partial charge >= 0.3 is 12.1 Å². The molecule has 6 nitrogen and oxygen atoms in total. The zero-order chi connectivity index (χ0) is 16.0. The normalized spacial score (nSPS) is 12.8. The van der Waals surface area contributed by atoms with Crippen LogP contribution in [0.3, 0.4) is 0 Å². The smallest absolute Gasteiger partial charge is 0.433 e. The molecule has 0 radical (unpaired) electrons. The number of amides is 1. The quantitative estimate of drug-likeness (QED) is 0.681. The summed E-state index contributed by atoms with van der Waals surface area (Å²) in [6.45, 7) is 0.167. The van der Waals surface area contributed by atoms with Gasteiger partial charge in [-0.05, 0) is 25.0 Å². The number of alkyl halides is 3. The van der Waals surface area contributed by atoms with E-state index in [9.17, 15) is 22.8 Å². The maximum atomic E-state index is 12.3. The molecule has 1 aromatic rings. The molecule has 0 aliphatic heterocycles. The molecular weight excluding hydrogens is 291 g/mol. The minimum atomic E-state index is -4.55. The summed E-state index contributed by atoms with van der Waals surface area (Å²) in [5.74, 6) is -1.71. The van der Waals surface area contributed by atoms with E-state index < -0.39 is 29.8 Å². The number of pyridine rings is 1. The lowest BCUT2D eigenvalue weighted by Gasteiger charge is -2.08. The molecule has 116 valence electrons. The Bertz CT molecular complexity index is 503. The molecule has 0 spiro atoms. The van der Waals surface area contributed by atoms with Gasteiger partial charge in [-0.15, -0.1) is 0 Å². The van der Waals surface area contributed by atoms with Gasteiger partial charge in [-0.1, -0.05) is 0 Å². The van der Waals surface area contributed by atoms with E-state index in [1.165, 1.54) is 0 Å². The van der Waals surface area contributed by atoms with Gasteiger partial charge in [0, 0.05) is 12.7 Å². The molecule has 9 heteroatoms. The Morgan fingerprint density at radius 3 is 2.52 bits per heavy atom. The van der Waals surface area contributed by atoms with Crippen LogP contribution < -0.4 is 11.1 Å². The Kier molecular flexibility index (Phi) is 5.65. The Morgan fingerprint density at radius 2 is 2.05 bits per heavy atom. The van der Waals surface area contributed by atoms with Crippen LogP contribution in [0, 0.1) is 0 Å². The van der Waals surface area contributed by atoms with Gasteiger partial charge in [0.2, 0.25) is 0 Å². The maximum absolute atomic E-state index is 12.3. The minimum Gasteiger partial charge on any atom is -0.480 e. The van der Waals surface area contributed by atoms with Crippen LogP contribution >= 0.6 is 0 Å². The van der Waals surface area contributed by atoms with Crippen LogP contribution in [0.4, 0.5) is 13.2 Å². The molecule has 0 saturated heterocycles. The number of aromatic nitrogens is 1. The van der Waals surface area contributed by atoms with Crippen LogP contribution in [0.25, 0.3) is 0 Å². The third-order valence-electron chi connectivity index (χ3n) is 2.61. The summed E-state index contributed by atoms with van der Waals surface area (Å²) in [5.41, 5.74) is 4.19. The van der Waals surface area contributed by atoms with Crippen LogP contribution in [-0.4, -0.2) is 34.6 Å². The highest BCUT2D eigenvalue weighted by Crippen LogP contribution is 2.27. The lowest BCUT2D eigenvalue weighted by Crippen LogP contribution is -2.32. The number of carbonyl (C=O) groups excluding carboxylic acids is 1. The van der Waals surface area contributed by atoms with Crippen molar-refractivity contribution in [2.45, 2.75) is 25.1 Å². The van der Waals surface area contributed by atoms with Gasteiger partial charge in [-0.25, -0.2) is 0 Å². The van der Waals surface area contributed by atoms with E-state index >= 15 is 0 Å². The third kappa shape index (κ3) is 5.38. The number of halogens is 3. The standard InChI is InChI=1S/C12H14F3N3O3/c13-12(14,15)9-4-3-7(6-18-9)10(19)17-5-1-2-8(16)11(20)21/h3-4,6,8H,1-2,5,16H2,(H,17,19)(H,20,21). The zero-order valence-electron chi connectivity index (χ0n) is 10.9. The average Bonchev–Trinajstić information content (AvgIpc) is 2.42. The highest BCUT2D eigenvalue weighted by molar-refractivity contribution is 5.93. The topological polar surface area (TPSA) is 105 Å². The second-order valence-corrected chi connectivity index (χ2v) is 4.27. The lowest BCUT2D eigenvalue weighted by molar-refractivity contribution is -0.141. The molecule has 0 aromatic carbocycles. The van der Waals surface area contributed by atoms with Crippen LogP contribution in [0.5, 0.6) is 0 Å². The first kappa shape index (κ1) is 16.9. The molecule has 0 aliphatic rings. The van der Waals surface area contributed by atoms with E-state index in [2.05, 4.69) is 10.3 Å². The van der Waals surface area contributed by atoms with Crippen molar-refractivity contribution in [2.75, 3.05) is 6.54 Å². The molecule has 1 unspecified atom stereocenters. The summed E-state index contributed by atoms with van der Waals surface area (Å²) < 4.78 is 36.9. The predicted octanol–water partition coefficient (Wildman–Crippen LogP) is 1.02. The predicted molar refractivity (Wildman–Crippen MR) is 66.4 cm³/mol. The average molecular weight is 305 g/mol. The Hall–Kier alpha value is -2.16. The van der Waals surface area contributed by atoms with Gasteiger partial charge in [-0.3, -0.25) is 14.6 Å². The zero-order valence-corrected chi connectivity index (χ0v) is 10.9. The van der Waals surface area contributed by atoms with Crippen molar-refractivity contribution in [3.8, 4) is 0 Å². The Balaban J connectivity index is 2.44. The fraction of sp³-hybridized carbons (Fsp3) is 0.417. The largest absolute Gasteiger partial charge is 0.480 e. The van der Waals surface area contributed by atoms with Crippen molar-refractivity contribution < 1.29 is 27.9 Å². The second-order valence-electron chi connectivity index (χ2n) is 4.27. The van der Waals surface area contributed by atoms with Crippen LogP contribution in [0.15, 0.2) is 18.3 Å². The molecule has 0 bridgehead atoms. The first-order chi connectivity index (χ1) is 9.71. The van der Waals surface area contributed by atoms with E-state index in [1.807, 2.05) is 0 Å². The fourth-order valence-electron chi connectivity index (χ4n) is 1.45. The van der Waals surface area contributed by atoms with Gasteiger partial charge in [-0.2, -0.15) is 13.2 Å². The van der Waals surface area contributed by atoms with Crippen molar-refractivity contribution in [3.05, 3.63) is 29.6 Å². The molecule has 21 heavy (non-hydrogen) atoms. The summed E-state index contributed by atoms with van der Waals surface area (Å²) in [6, 6.07) is 0.735. The third-order valence-corrected chi connectivity index (χ3v) is 2.61. The summed E-state index contributed by atoms with van der Waals surface area (Å²) in [6.07, 6.45) is -3.20. The van der Waals surface area contributed by atoms with Gasteiger partial charge in [0.1, 0.15) is 11.7 Å². The SMILES string of the molecule is NC(CCCNC(=O)c1ccc(C(F)(F)F)nc1)C(=O)O. The fourth-order valence-corrected chi connectivity index (χ4v) is 1.45. The number of rotatable bonds is 6. The molecule has 1 amide bonds. The van der Waals surface area contributed by atoms with Crippen molar-refractivity contribution in [3.63, 3.8) is 0 Å². The van der Waals surface area contributed by atoms with Gasteiger partial charge < -0.3 is 16.2 Å². The minimum absolute atomic E-state index is 0.00877. The monoisotopic (exact) mass is 305 g/mol. The van der Waals surface area contributed by atoms with E-state index in [-0.39, 0.29) is 18.5 Å². The van der Waals surface area contributed by atoms with E-state index in [1.54, 1.807) is 0 Å². The number of carbonyl (C=O) groups is 2. The molecule has 1 rings (SSSR count). The Morgan fingerprint density at radius 1 is 1.38 bits per heavy atom. The van der Waals surface area contributed by atoms with Gasteiger partial charge in [0.15, 0.2) is 0 Å². The van der Waals surface area contributed by atoms with E-state index in [0.717, 1.165) is 18.3 Å². The number of hydrogen-bond acceptors (Lipinski definition) is 4. The summed E-state index contributed by atoms with van der Waals surface area (Å²) in [7, 11) is 0. The number of aliphatic carboxylic acids is 1. The van der Waals surface area contributed by atoms with Gasteiger partial charge in [0.25, 0.3) is 5.91 Å². The van der Waals surface area contributed by atoms with Crippen LogP contribution in [0.2, 0.25) is 0 Å². The summed E-state index contributed by atoms with van der Waals surface area (Å²) in [4.78, 5) is 25.2. The highest BCUT2D eigenvalue weighted by Gasteiger charge is 2.32. The molecule has 4 N–H and O–H groups in total. The van der Waals surface area contributed by atoms with Crippen molar-refractivity contribution in [1.82, 2.24) is 10.3 Å². The van der Waals surface area contributed by atoms with Crippen molar-refractivity contribution >= 4 is 11.9 Å². The summed E-state index contributed by atoms with van der Waals surface area (Å²) >= 11 is 0. The highest BCUT2D eigenvalue weighted by atomic mass is 19.4. The van der Waals surface area contributed by atoms with Gasteiger partial charge in [0.05, 0.1) is 5.56 Å².